The van der Waals surface area contributed by atoms with E-state index in [1.54, 1.807) is 0 Å². The summed E-state index contributed by atoms with van der Waals surface area (Å²) in [4.78, 5) is 0. The zero-order chi connectivity index (χ0) is 14.5. The average Bonchev–Trinajstić information content (AvgIpc) is 2.85. The van der Waals surface area contributed by atoms with Crippen LogP contribution in [0.2, 0.25) is 0 Å². The van der Waals surface area contributed by atoms with Crippen LogP contribution in [0.25, 0.3) is 0 Å². The maximum Gasteiger partial charge on any atom is 0.125 e. The molecule has 1 atom stereocenters. The molecule has 1 aliphatic rings. The van der Waals surface area contributed by atoms with Crippen LogP contribution in [0.1, 0.15) is 44.7 Å². The lowest BCUT2D eigenvalue weighted by Gasteiger charge is -2.21. The first kappa shape index (κ1) is 15.8. The highest BCUT2D eigenvalue weighted by atomic mass is 79.9. The zero-order valence-corrected chi connectivity index (χ0v) is 14.4. The quantitative estimate of drug-likeness (QED) is 0.797. The predicted octanol–water partition coefficient (Wildman–Crippen LogP) is 4.34. The molecule has 1 unspecified atom stereocenters. The minimum atomic E-state index is 0.626. The van der Waals surface area contributed by atoms with E-state index in [4.69, 9.17) is 4.74 Å². The molecule has 0 aromatic heterocycles. The second-order valence-corrected chi connectivity index (χ2v) is 6.87. The van der Waals surface area contributed by atoms with E-state index in [0.29, 0.717) is 12.0 Å². The number of ether oxygens (including phenoxy) is 1. The Hall–Kier alpha value is -0.540. The van der Waals surface area contributed by atoms with Gasteiger partial charge in [-0.25, -0.2) is 0 Å². The van der Waals surface area contributed by atoms with Crippen LogP contribution in [0, 0.1) is 5.92 Å². The van der Waals surface area contributed by atoms with Gasteiger partial charge in [-0.3, -0.25) is 0 Å². The highest BCUT2D eigenvalue weighted by molar-refractivity contribution is 9.10. The van der Waals surface area contributed by atoms with Gasteiger partial charge in [0, 0.05) is 16.9 Å². The average molecular weight is 340 g/mol. The summed E-state index contributed by atoms with van der Waals surface area (Å²) in [6, 6.07) is 5.05. The van der Waals surface area contributed by atoms with Gasteiger partial charge in [-0.1, -0.05) is 36.7 Å². The Morgan fingerprint density at radius 2 is 2.15 bits per heavy atom. The third-order valence-corrected chi connectivity index (χ3v) is 4.52. The van der Waals surface area contributed by atoms with Crippen molar-refractivity contribution >= 4 is 15.9 Å². The molecule has 0 aliphatic carbocycles. The molecule has 1 aliphatic heterocycles. The monoisotopic (exact) mass is 339 g/mol. The standard InChI is InChI=1S/C17H26BrNO/c1-4-19-16(12(2)3)7-5-6-13-10-15(18)11-14-8-9-20-17(13)14/h10-12,16,19H,4-9H2,1-3H3. The fourth-order valence-electron chi connectivity index (χ4n) is 2.98. The fourth-order valence-corrected chi connectivity index (χ4v) is 3.53. The van der Waals surface area contributed by atoms with E-state index in [-0.39, 0.29) is 0 Å². The molecule has 0 spiro atoms. The lowest BCUT2D eigenvalue weighted by Crippen LogP contribution is -2.33. The minimum Gasteiger partial charge on any atom is -0.493 e. The molecule has 20 heavy (non-hydrogen) atoms. The fraction of sp³-hybridized carbons (Fsp3) is 0.647. The molecule has 112 valence electrons. The predicted molar refractivity (Wildman–Crippen MR) is 88.6 cm³/mol. The van der Waals surface area contributed by atoms with Crippen LogP contribution in [-0.4, -0.2) is 19.2 Å². The van der Waals surface area contributed by atoms with Crippen LogP contribution < -0.4 is 10.1 Å². The third-order valence-electron chi connectivity index (χ3n) is 4.06. The Bertz CT molecular complexity index is 445. The Morgan fingerprint density at radius 3 is 2.85 bits per heavy atom. The first-order chi connectivity index (χ1) is 9.61. The third kappa shape index (κ3) is 3.98. The molecule has 2 nitrogen and oxygen atoms in total. The molecule has 0 fully saturated rings. The van der Waals surface area contributed by atoms with Crippen molar-refractivity contribution in [1.29, 1.82) is 0 Å². The van der Waals surface area contributed by atoms with Gasteiger partial charge >= 0.3 is 0 Å². The molecule has 1 aromatic rings. The van der Waals surface area contributed by atoms with Crippen LogP contribution in [0.15, 0.2) is 16.6 Å². The van der Waals surface area contributed by atoms with Gasteiger partial charge in [0.1, 0.15) is 5.75 Å². The molecular weight excluding hydrogens is 314 g/mol. The normalized spacial score (nSPS) is 15.2. The number of rotatable bonds is 7. The maximum absolute atomic E-state index is 5.80. The van der Waals surface area contributed by atoms with Crippen molar-refractivity contribution in [3.63, 3.8) is 0 Å². The second kappa shape index (κ2) is 7.46. The van der Waals surface area contributed by atoms with E-state index in [0.717, 1.165) is 31.7 Å². The SMILES string of the molecule is CCNC(CCCc1cc(Br)cc2c1OCC2)C(C)C. The molecule has 0 radical (unpaired) electrons. The minimum absolute atomic E-state index is 0.626. The Kier molecular flexibility index (Phi) is 5.91. The second-order valence-electron chi connectivity index (χ2n) is 5.95. The summed E-state index contributed by atoms with van der Waals surface area (Å²) in [5.74, 6) is 1.84. The summed E-state index contributed by atoms with van der Waals surface area (Å²) in [7, 11) is 0. The van der Waals surface area contributed by atoms with E-state index >= 15 is 0 Å². The molecular formula is C17H26BrNO. The number of hydrogen-bond acceptors (Lipinski definition) is 2. The van der Waals surface area contributed by atoms with Crippen molar-refractivity contribution < 1.29 is 4.74 Å². The highest BCUT2D eigenvalue weighted by Crippen LogP contribution is 2.34. The van der Waals surface area contributed by atoms with Crippen molar-refractivity contribution in [3.05, 3.63) is 27.7 Å². The van der Waals surface area contributed by atoms with Crippen LogP contribution in [0.3, 0.4) is 0 Å². The summed E-state index contributed by atoms with van der Waals surface area (Å²) < 4.78 is 6.98. The summed E-state index contributed by atoms with van der Waals surface area (Å²) in [6.07, 6.45) is 4.60. The molecule has 2 rings (SSSR count). The molecule has 3 heteroatoms. The van der Waals surface area contributed by atoms with Crippen molar-refractivity contribution in [1.82, 2.24) is 5.32 Å². The summed E-state index contributed by atoms with van der Waals surface area (Å²) in [5, 5.41) is 3.59. The van der Waals surface area contributed by atoms with Gasteiger partial charge in [-0.05, 0) is 55.0 Å². The molecule has 0 amide bonds. The van der Waals surface area contributed by atoms with E-state index in [9.17, 15) is 0 Å². The highest BCUT2D eigenvalue weighted by Gasteiger charge is 2.18. The van der Waals surface area contributed by atoms with E-state index in [2.05, 4.69) is 54.2 Å². The van der Waals surface area contributed by atoms with Crippen molar-refractivity contribution in [3.8, 4) is 5.75 Å². The molecule has 0 saturated heterocycles. The first-order valence-corrected chi connectivity index (χ1v) is 8.58. The number of fused-ring (bicyclic) bond motifs is 1. The molecule has 0 saturated carbocycles. The Morgan fingerprint density at radius 1 is 1.35 bits per heavy atom. The van der Waals surface area contributed by atoms with Crippen molar-refractivity contribution in [2.45, 2.75) is 52.5 Å². The van der Waals surface area contributed by atoms with E-state index in [1.807, 2.05) is 0 Å². The zero-order valence-electron chi connectivity index (χ0n) is 12.8. The summed E-state index contributed by atoms with van der Waals surface area (Å²) in [5.41, 5.74) is 2.73. The first-order valence-electron chi connectivity index (χ1n) is 7.79. The number of nitrogens with one attached hydrogen (secondary N) is 1. The lowest BCUT2D eigenvalue weighted by atomic mass is 9.96. The molecule has 0 bridgehead atoms. The Balaban J connectivity index is 1.94. The van der Waals surface area contributed by atoms with Gasteiger partial charge in [-0.15, -0.1) is 0 Å². The van der Waals surface area contributed by atoms with Crippen LogP contribution in [0.5, 0.6) is 5.75 Å². The van der Waals surface area contributed by atoms with E-state index < -0.39 is 0 Å². The van der Waals surface area contributed by atoms with Crippen molar-refractivity contribution in [2.24, 2.45) is 5.92 Å². The van der Waals surface area contributed by atoms with Crippen molar-refractivity contribution in [2.75, 3.05) is 13.2 Å². The van der Waals surface area contributed by atoms with Crippen LogP contribution >= 0.6 is 15.9 Å². The van der Waals surface area contributed by atoms with Gasteiger partial charge in [0.2, 0.25) is 0 Å². The number of benzene rings is 1. The number of aryl methyl sites for hydroxylation is 1. The number of halogens is 1. The van der Waals surface area contributed by atoms with E-state index in [1.165, 1.54) is 28.4 Å². The van der Waals surface area contributed by atoms with Gasteiger partial charge in [-0.2, -0.15) is 0 Å². The van der Waals surface area contributed by atoms with Crippen LogP contribution in [-0.2, 0) is 12.8 Å². The smallest absolute Gasteiger partial charge is 0.125 e. The molecule has 1 aromatic carbocycles. The molecule has 1 N–H and O–H groups in total. The summed E-state index contributed by atoms with van der Waals surface area (Å²) >= 11 is 3.62. The maximum atomic E-state index is 5.80. The summed E-state index contributed by atoms with van der Waals surface area (Å²) in [6.45, 7) is 8.67. The topological polar surface area (TPSA) is 21.3 Å². The van der Waals surface area contributed by atoms with Crippen LogP contribution in [0.4, 0.5) is 0 Å². The van der Waals surface area contributed by atoms with Gasteiger partial charge in [0.25, 0.3) is 0 Å². The van der Waals surface area contributed by atoms with Gasteiger partial charge in [0.15, 0.2) is 0 Å². The van der Waals surface area contributed by atoms with Gasteiger partial charge in [0.05, 0.1) is 6.61 Å². The van der Waals surface area contributed by atoms with Gasteiger partial charge < -0.3 is 10.1 Å². The Labute approximate surface area is 131 Å². The number of hydrogen-bond donors (Lipinski definition) is 1. The molecule has 1 heterocycles. The largest absolute Gasteiger partial charge is 0.493 e. The lowest BCUT2D eigenvalue weighted by molar-refractivity contribution is 0.350.